The van der Waals surface area contributed by atoms with Crippen LogP contribution in [-0.4, -0.2) is 31.3 Å². The molecule has 7 heteroatoms. The molecule has 2 rings (SSSR count). The molecule has 0 aliphatic heterocycles. The Morgan fingerprint density at radius 1 is 1.20 bits per heavy atom. The van der Waals surface area contributed by atoms with Crippen molar-refractivity contribution in [1.82, 2.24) is 30.7 Å². The Morgan fingerprint density at radius 2 is 1.95 bits per heavy atom. The van der Waals surface area contributed by atoms with Crippen LogP contribution in [0.15, 0.2) is 18.3 Å². The Bertz CT molecular complexity index is 566. The average Bonchev–Trinajstić information content (AvgIpc) is 2.47. The minimum Gasteiger partial charge on any atom is -0.352 e. The summed E-state index contributed by atoms with van der Waals surface area (Å²) in [5, 5.41) is 18.3. The van der Waals surface area contributed by atoms with E-state index < -0.39 is 0 Å². The molecule has 0 bridgehead atoms. The fourth-order valence-electron chi connectivity index (χ4n) is 1.56. The molecule has 0 aromatic carbocycles. The van der Waals surface area contributed by atoms with Crippen molar-refractivity contribution in [3.8, 4) is 11.5 Å². The number of rotatable bonds is 5. The van der Waals surface area contributed by atoms with Crippen LogP contribution in [0.1, 0.15) is 31.2 Å². The first-order valence-corrected chi connectivity index (χ1v) is 6.45. The van der Waals surface area contributed by atoms with E-state index in [0.29, 0.717) is 30.3 Å². The monoisotopic (exact) mass is 272 g/mol. The third-order valence-corrected chi connectivity index (χ3v) is 2.60. The third-order valence-electron chi connectivity index (χ3n) is 2.60. The Labute approximate surface area is 116 Å². The first-order chi connectivity index (χ1) is 9.69. The van der Waals surface area contributed by atoms with Crippen LogP contribution in [0.3, 0.4) is 0 Å². The van der Waals surface area contributed by atoms with Gasteiger partial charge in [-0.2, -0.15) is 0 Å². The third kappa shape index (κ3) is 3.78. The summed E-state index contributed by atoms with van der Waals surface area (Å²) in [4.78, 5) is 15.6. The Kier molecular flexibility index (Phi) is 4.65. The zero-order chi connectivity index (χ0) is 14.4. The van der Waals surface area contributed by atoms with Crippen LogP contribution in [0, 0.1) is 6.92 Å². The molecule has 2 aromatic heterocycles. The standard InChI is InChI=1S/C13H16N6O/c1-3-4-12(20)15-8-10-5-6-11(14-7-10)13-18-16-9(2)17-19-13/h5-7H,3-4,8H2,1-2H3,(H,15,20). The largest absolute Gasteiger partial charge is 0.352 e. The lowest BCUT2D eigenvalue weighted by Crippen LogP contribution is -2.22. The highest BCUT2D eigenvalue weighted by atomic mass is 16.1. The summed E-state index contributed by atoms with van der Waals surface area (Å²) >= 11 is 0. The van der Waals surface area contributed by atoms with E-state index in [1.54, 1.807) is 19.2 Å². The molecule has 2 aromatic rings. The molecule has 0 saturated heterocycles. The average molecular weight is 272 g/mol. The lowest BCUT2D eigenvalue weighted by atomic mass is 10.2. The molecule has 0 radical (unpaired) electrons. The Morgan fingerprint density at radius 3 is 2.55 bits per heavy atom. The molecule has 2 heterocycles. The maximum Gasteiger partial charge on any atom is 0.221 e. The highest BCUT2D eigenvalue weighted by Crippen LogP contribution is 2.10. The van der Waals surface area contributed by atoms with E-state index in [1.165, 1.54) is 0 Å². The van der Waals surface area contributed by atoms with Crippen molar-refractivity contribution in [1.29, 1.82) is 0 Å². The molecule has 7 nitrogen and oxygen atoms in total. The number of carbonyl (C=O) groups excluding carboxylic acids is 1. The van der Waals surface area contributed by atoms with Gasteiger partial charge in [-0.05, 0) is 25.0 Å². The van der Waals surface area contributed by atoms with Crippen LogP contribution < -0.4 is 5.32 Å². The molecule has 0 aliphatic carbocycles. The summed E-state index contributed by atoms with van der Waals surface area (Å²) in [6.07, 6.45) is 3.07. The minimum absolute atomic E-state index is 0.0480. The van der Waals surface area contributed by atoms with Gasteiger partial charge in [0.25, 0.3) is 0 Å². The number of carbonyl (C=O) groups is 1. The second-order valence-electron chi connectivity index (χ2n) is 4.35. The molecular weight excluding hydrogens is 256 g/mol. The van der Waals surface area contributed by atoms with Crippen molar-refractivity contribution in [2.24, 2.45) is 0 Å². The summed E-state index contributed by atoms with van der Waals surface area (Å²) in [6, 6.07) is 3.66. The molecule has 0 aliphatic rings. The van der Waals surface area contributed by atoms with Crippen LogP contribution in [0.25, 0.3) is 11.5 Å². The first kappa shape index (κ1) is 14.0. The number of nitrogens with zero attached hydrogens (tertiary/aromatic N) is 5. The number of pyridine rings is 1. The normalized spacial score (nSPS) is 10.3. The molecule has 0 spiro atoms. The number of nitrogens with one attached hydrogen (secondary N) is 1. The fraction of sp³-hybridized carbons (Fsp3) is 0.385. The molecule has 1 amide bonds. The molecule has 104 valence electrons. The number of aryl methyl sites for hydroxylation is 1. The predicted octanol–water partition coefficient (Wildman–Crippen LogP) is 1.05. The van der Waals surface area contributed by atoms with Crippen molar-refractivity contribution >= 4 is 5.91 Å². The summed E-state index contributed by atoms with van der Waals surface area (Å²) in [6.45, 7) is 4.16. The van der Waals surface area contributed by atoms with E-state index in [1.807, 2.05) is 13.0 Å². The van der Waals surface area contributed by atoms with E-state index in [9.17, 15) is 4.79 Å². The summed E-state index contributed by atoms with van der Waals surface area (Å²) in [7, 11) is 0. The van der Waals surface area contributed by atoms with Crippen molar-refractivity contribution in [2.45, 2.75) is 33.2 Å². The van der Waals surface area contributed by atoms with E-state index in [2.05, 4.69) is 30.7 Å². The van der Waals surface area contributed by atoms with Gasteiger partial charge in [0.2, 0.25) is 11.7 Å². The van der Waals surface area contributed by atoms with Gasteiger partial charge in [-0.1, -0.05) is 13.0 Å². The maximum atomic E-state index is 11.4. The van der Waals surface area contributed by atoms with Crippen LogP contribution in [-0.2, 0) is 11.3 Å². The van der Waals surface area contributed by atoms with Gasteiger partial charge in [0.1, 0.15) is 5.69 Å². The number of amides is 1. The van der Waals surface area contributed by atoms with Gasteiger partial charge in [-0.15, -0.1) is 20.4 Å². The van der Waals surface area contributed by atoms with E-state index in [0.717, 1.165) is 12.0 Å². The second-order valence-corrected chi connectivity index (χ2v) is 4.35. The molecule has 0 atom stereocenters. The van der Waals surface area contributed by atoms with Gasteiger partial charge in [0.15, 0.2) is 5.82 Å². The van der Waals surface area contributed by atoms with Crippen LogP contribution in [0.2, 0.25) is 0 Å². The van der Waals surface area contributed by atoms with Gasteiger partial charge in [0.05, 0.1) is 0 Å². The number of aromatic nitrogens is 5. The van der Waals surface area contributed by atoms with Crippen LogP contribution in [0.4, 0.5) is 0 Å². The predicted molar refractivity (Wildman–Crippen MR) is 72.3 cm³/mol. The second kappa shape index (κ2) is 6.65. The van der Waals surface area contributed by atoms with Gasteiger partial charge >= 0.3 is 0 Å². The van der Waals surface area contributed by atoms with Crippen molar-refractivity contribution in [3.63, 3.8) is 0 Å². The van der Waals surface area contributed by atoms with Crippen molar-refractivity contribution in [2.75, 3.05) is 0 Å². The molecule has 0 fully saturated rings. The van der Waals surface area contributed by atoms with Crippen molar-refractivity contribution in [3.05, 3.63) is 29.7 Å². The van der Waals surface area contributed by atoms with Crippen LogP contribution in [0.5, 0.6) is 0 Å². The summed E-state index contributed by atoms with van der Waals surface area (Å²) in [5.41, 5.74) is 1.53. The molecule has 0 saturated carbocycles. The number of hydrogen-bond acceptors (Lipinski definition) is 6. The highest BCUT2D eigenvalue weighted by molar-refractivity contribution is 5.75. The Balaban J connectivity index is 1.99. The van der Waals surface area contributed by atoms with Gasteiger partial charge in [0, 0.05) is 19.2 Å². The van der Waals surface area contributed by atoms with Gasteiger partial charge < -0.3 is 5.32 Å². The van der Waals surface area contributed by atoms with Gasteiger partial charge in [-0.25, -0.2) is 0 Å². The van der Waals surface area contributed by atoms with Crippen molar-refractivity contribution < 1.29 is 4.79 Å². The van der Waals surface area contributed by atoms with Crippen LogP contribution >= 0.6 is 0 Å². The number of hydrogen-bond donors (Lipinski definition) is 1. The lowest BCUT2D eigenvalue weighted by Gasteiger charge is -2.04. The maximum absolute atomic E-state index is 11.4. The first-order valence-electron chi connectivity index (χ1n) is 6.45. The van der Waals surface area contributed by atoms with E-state index in [4.69, 9.17) is 0 Å². The quantitative estimate of drug-likeness (QED) is 0.874. The fourth-order valence-corrected chi connectivity index (χ4v) is 1.56. The summed E-state index contributed by atoms with van der Waals surface area (Å²) < 4.78 is 0. The zero-order valence-electron chi connectivity index (χ0n) is 11.5. The zero-order valence-corrected chi connectivity index (χ0v) is 11.5. The summed E-state index contributed by atoms with van der Waals surface area (Å²) in [5.74, 6) is 0.952. The smallest absolute Gasteiger partial charge is 0.221 e. The van der Waals surface area contributed by atoms with E-state index in [-0.39, 0.29) is 5.91 Å². The minimum atomic E-state index is 0.0480. The SMILES string of the molecule is CCCC(=O)NCc1ccc(-c2nnc(C)nn2)nc1. The molecular formula is C13H16N6O. The lowest BCUT2D eigenvalue weighted by molar-refractivity contribution is -0.121. The topological polar surface area (TPSA) is 93.6 Å². The molecule has 20 heavy (non-hydrogen) atoms. The Hall–Kier alpha value is -2.44. The van der Waals surface area contributed by atoms with Gasteiger partial charge in [-0.3, -0.25) is 9.78 Å². The molecule has 0 unspecified atom stereocenters. The van der Waals surface area contributed by atoms with E-state index >= 15 is 0 Å². The molecule has 1 N–H and O–H groups in total. The highest BCUT2D eigenvalue weighted by Gasteiger charge is 2.05.